The van der Waals surface area contributed by atoms with Crippen molar-refractivity contribution in [2.24, 2.45) is 0 Å². The lowest BCUT2D eigenvalue weighted by molar-refractivity contribution is -0.117. The summed E-state index contributed by atoms with van der Waals surface area (Å²) in [5.74, 6) is 0.818. The van der Waals surface area contributed by atoms with E-state index in [0.29, 0.717) is 23.8 Å². The standard InChI is InChI=1S/C10H12ClNO2/c1-8(13)3-2-4-14-10-5-9(11)6-12-7-10/h5-7H,2-4H2,1H3. The van der Waals surface area contributed by atoms with Crippen molar-refractivity contribution in [2.45, 2.75) is 19.8 Å². The van der Waals surface area contributed by atoms with Crippen LogP contribution in [0.25, 0.3) is 0 Å². The van der Waals surface area contributed by atoms with Crippen molar-refractivity contribution in [3.05, 3.63) is 23.5 Å². The maximum atomic E-state index is 10.6. The van der Waals surface area contributed by atoms with Gasteiger partial charge >= 0.3 is 0 Å². The Bertz CT molecular complexity index is 315. The molecule has 0 radical (unpaired) electrons. The van der Waals surface area contributed by atoms with E-state index in [2.05, 4.69) is 4.98 Å². The van der Waals surface area contributed by atoms with Crippen molar-refractivity contribution in [1.82, 2.24) is 4.98 Å². The summed E-state index contributed by atoms with van der Waals surface area (Å²) >= 11 is 5.71. The second kappa shape index (κ2) is 5.60. The topological polar surface area (TPSA) is 39.2 Å². The third-order valence-electron chi connectivity index (χ3n) is 1.62. The molecule has 1 heterocycles. The number of hydrogen-bond donors (Lipinski definition) is 0. The van der Waals surface area contributed by atoms with Crippen LogP contribution >= 0.6 is 11.6 Å². The highest BCUT2D eigenvalue weighted by Gasteiger charge is 1.97. The molecule has 0 fully saturated rings. The zero-order valence-electron chi connectivity index (χ0n) is 8.00. The molecular weight excluding hydrogens is 202 g/mol. The van der Waals surface area contributed by atoms with E-state index in [9.17, 15) is 4.79 Å². The number of ether oxygens (including phenoxy) is 1. The van der Waals surface area contributed by atoms with Crippen LogP contribution in [0.5, 0.6) is 5.75 Å². The minimum absolute atomic E-state index is 0.179. The van der Waals surface area contributed by atoms with E-state index in [1.165, 1.54) is 0 Å². The number of pyridine rings is 1. The van der Waals surface area contributed by atoms with Crippen LogP contribution < -0.4 is 4.74 Å². The van der Waals surface area contributed by atoms with E-state index in [-0.39, 0.29) is 5.78 Å². The van der Waals surface area contributed by atoms with Crippen LogP contribution in [0.3, 0.4) is 0 Å². The molecule has 0 aromatic carbocycles. The highest BCUT2D eigenvalue weighted by molar-refractivity contribution is 6.30. The molecule has 0 unspecified atom stereocenters. The van der Waals surface area contributed by atoms with Gasteiger partial charge in [0.05, 0.1) is 17.8 Å². The monoisotopic (exact) mass is 213 g/mol. The van der Waals surface area contributed by atoms with Gasteiger partial charge in [0, 0.05) is 18.7 Å². The fraction of sp³-hybridized carbons (Fsp3) is 0.400. The number of ketones is 1. The van der Waals surface area contributed by atoms with Crippen LogP contribution in [-0.2, 0) is 4.79 Å². The van der Waals surface area contributed by atoms with E-state index < -0.39 is 0 Å². The fourth-order valence-electron chi connectivity index (χ4n) is 0.982. The molecule has 14 heavy (non-hydrogen) atoms. The second-order valence-corrected chi connectivity index (χ2v) is 3.43. The van der Waals surface area contributed by atoms with Gasteiger partial charge in [0.2, 0.25) is 0 Å². The quantitative estimate of drug-likeness (QED) is 0.706. The van der Waals surface area contributed by atoms with Gasteiger partial charge in [0.25, 0.3) is 0 Å². The van der Waals surface area contributed by atoms with Gasteiger partial charge in [-0.2, -0.15) is 0 Å². The molecule has 76 valence electrons. The summed E-state index contributed by atoms with van der Waals surface area (Å²) in [5, 5.41) is 0.550. The molecule has 1 rings (SSSR count). The van der Waals surface area contributed by atoms with Gasteiger partial charge in [-0.05, 0) is 13.3 Å². The van der Waals surface area contributed by atoms with Gasteiger partial charge in [-0.25, -0.2) is 0 Å². The van der Waals surface area contributed by atoms with Crippen LogP contribution in [0.2, 0.25) is 5.02 Å². The average molecular weight is 214 g/mol. The van der Waals surface area contributed by atoms with Crippen molar-refractivity contribution in [1.29, 1.82) is 0 Å². The van der Waals surface area contributed by atoms with Gasteiger partial charge in [-0.15, -0.1) is 0 Å². The van der Waals surface area contributed by atoms with Gasteiger partial charge in [-0.1, -0.05) is 11.6 Å². The Labute approximate surface area is 88.1 Å². The summed E-state index contributed by atoms with van der Waals surface area (Å²) in [6.45, 7) is 2.09. The normalized spacial score (nSPS) is 9.86. The fourth-order valence-corrected chi connectivity index (χ4v) is 1.15. The van der Waals surface area contributed by atoms with Gasteiger partial charge in [0.15, 0.2) is 0 Å². The molecule has 0 spiro atoms. The number of carbonyl (C=O) groups is 1. The van der Waals surface area contributed by atoms with E-state index in [4.69, 9.17) is 16.3 Å². The van der Waals surface area contributed by atoms with Crippen LogP contribution in [0.1, 0.15) is 19.8 Å². The number of hydrogen-bond acceptors (Lipinski definition) is 3. The summed E-state index contributed by atoms with van der Waals surface area (Å²) in [6.07, 6.45) is 4.42. The number of nitrogens with zero attached hydrogens (tertiary/aromatic N) is 1. The molecule has 0 aliphatic rings. The molecule has 1 aromatic rings. The van der Waals surface area contributed by atoms with Gasteiger partial charge in [-0.3, -0.25) is 4.98 Å². The molecule has 3 nitrogen and oxygen atoms in total. The smallest absolute Gasteiger partial charge is 0.139 e. The van der Waals surface area contributed by atoms with Crippen molar-refractivity contribution in [3.8, 4) is 5.75 Å². The maximum absolute atomic E-state index is 10.6. The molecule has 0 bridgehead atoms. The first-order chi connectivity index (χ1) is 6.68. The summed E-state index contributed by atoms with van der Waals surface area (Å²) in [7, 11) is 0. The van der Waals surface area contributed by atoms with Crippen molar-refractivity contribution < 1.29 is 9.53 Å². The van der Waals surface area contributed by atoms with Gasteiger partial charge in [0.1, 0.15) is 11.5 Å². The molecule has 0 aliphatic heterocycles. The van der Waals surface area contributed by atoms with Crippen molar-refractivity contribution in [2.75, 3.05) is 6.61 Å². The van der Waals surface area contributed by atoms with Crippen LogP contribution in [-0.4, -0.2) is 17.4 Å². The lowest BCUT2D eigenvalue weighted by Gasteiger charge is -2.04. The van der Waals surface area contributed by atoms with E-state index in [0.717, 1.165) is 6.42 Å². The molecule has 0 aliphatic carbocycles. The second-order valence-electron chi connectivity index (χ2n) is 2.99. The van der Waals surface area contributed by atoms with Crippen molar-refractivity contribution >= 4 is 17.4 Å². The zero-order valence-corrected chi connectivity index (χ0v) is 8.75. The van der Waals surface area contributed by atoms with E-state index >= 15 is 0 Å². The molecule has 0 atom stereocenters. The predicted octanol–water partition coefficient (Wildman–Crippen LogP) is 2.48. The Morgan fingerprint density at radius 2 is 2.36 bits per heavy atom. The highest BCUT2D eigenvalue weighted by atomic mass is 35.5. The molecule has 0 saturated heterocycles. The third-order valence-corrected chi connectivity index (χ3v) is 1.83. The zero-order chi connectivity index (χ0) is 10.4. The first-order valence-electron chi connectivity index (χ1n) is 4.41. The Morgan fingerprint density at radius 1 is 1.57 bits per heavy atom. The number of aromatic nitrogens is 1. The molecular formula is C10H12ClNO2. The van der Waals surface area contributed by atoms with Crippen molar-refractivity contribution in [3.63, 3.8) is 0 Å². The predicted molar refractivity (Wildman–Crippen MR) is 54.7 cm³/mol. The summed E-state index contributed by atoms with van der Waals surface area (Å²) in [4.78, 5) is 14.5. The largest absolute Gasteiger partial charge is 0.492 e. The number of carbonyl (C=O) groups excluding carboxylic acids is 1. The summed E-state index contributed by atoms with van der Waals surface area (Å²) in [5.41, 5.74) is 0. The molecule has 0 saturated carbocycles. The number of halogens is 1. The molecule has 4 heteroatoms. The minimum Gasteiger partial charge on any atom is -0.492 e. The van der Waals surface area contributed by atoms with Crippen LogP contribution in [0, 0.1) is 0 Å². The molecule has 1 aromatic heterocycles. The summed E-state index contributed by atoms with van der Waals surface area (Å²) < 4.78 is 5.34. The first-order valence-corrected chi connectivity index (χ1v) is 4.79. The summed E-state index contributed by atoms with van der Waals surface area (Å²) in [6, 6.07) is 1.70. The first kappa shape index (κ1) is 11.0. The lowest BCUT2D eigenvalue weighted by atomic mass is 10.2. The van der Waals surface area contributed by atoms with Crippen LogP contribution in [0.15, 0.2) is 18.5 Å². The maximum Gasteiger partial charge on any atom is 0.139 e. The third kappa shape index (κ3) is 4.23. The minimum atomic E-state index is 0.179. The van der Waals surface area contributed by atoms with Gasteiger partial charge < -0.3 is 9.53 Å². The SMILES string of the molecule is CC(=O)CCCOc1cncc(Cl)c1. The number of Topliss-reactive ketones (excluding diaryl/α,β-unsaturated/α-hetero) is 1. The Hall–Kier alpha value is -1.09. The Morgan fingerprint density at radius 3 is 3.00 bits per heavy atom. The highest BCUT2D eigenvalue weighted by Crippen LogP contribution is 2.15. The number of rotatable bonds is 5. The Kier molecular flexibility index (Phi) is 4.40. The average Bonchev–Trinajstić information content (AvgIpc) is 2.12. The lowest BCUT2D eigenvalue weighted by Crippen LogP contribution is -2.00. The Balaban J connectivity index is 2.28. The van der Waals surface area contributed by atoms with E-state index in [1.54, 1.807) is 25.4 Å². The van der Waals surface area contributed by atoms with E-state index in [1.807, 2.05) is 0 Å². The molecule has 0 N–H and O–H groups in total. The van der Waals surface area contributed by atoms with Crippen LogP contribution in [0.4, 0.5) is 0 Å². The molecule has 0 amide bonds.